The van der Waals surface area contributed by atoms with E-state index in [1.165, 1.54) is 0 Å². The summed E-state index contributed by atoms with van der Waals surface area (Å²) >= 11 is 1.56. The minimum absolute atomic E-state index is 0.402. The molecule has 0 saturated heterocycles. The number of H-pyrrole nitrogens is 1. The van der Waals surface area contributed by atoms with E-state index in [9.17, 15) is 5.26 Å². The van der Waals surface area contributed by atoms with Gasteiger partial charge in [0.15, 0.2) is 11.5 Å². The van der Waals surface area contributed by atoms with Crippen molar-refractivity contribution < 1.29 is 18.9 Å². The summed E-state index contributed by atoms with van der Waals surface area (Å²) in [5.41, 5.74) is 5.32. The second-order valence-corrected chi connectivity index (χ2v) is 9.66. The lowest BCUT2D eigenvalue weighted by molar-refractivity contribution is 0.132. The normalized spacial score (nSPS) is 11.1. The van der Waals surface area contributed by atoms with E-state index in [2.05, 4.69) is 40.4 Å². The molecule has 0 aliphatic carbocycles. The average Bonchev–Trinajstić information content (AvgIpc) is 3.59. The second-order valence-electron chi connectivity index (χ2n) is 8.63. The minimum Gasteiger partial charge on any atom is -0.487 e. The highest BCUT2D eigenvalue weighted by Gasteiger charge is 2.17. The molecule has 0 saturated carbocycles. The minimum atomic E-state index is 0.402. The van der Waals surface area contributed by atoms with Crippen molar-refractivity contribution in [3.05, 3.63) is 66.0 Å². The number of pyridine rings is 1. The third kappa shape index (κ3) is 5.15. The topological polar surface area (TPSA) is 101 Å². The number of ether oxygens (including phenoxy) is 4. The van der Waals surface area contributed by atoms with Crippen LogP contribution in [0.4, 0.5) is 11.4 Å². The summed E-state index contributed by atoms with van der Waals surface area (Å²) in [4.78, 5) is 9.66. The summed E-state index contributed by atoms with van der Waals surface area (Å²) in [5.74, 6) is 1.28. The molecule has 8 nitrogen and oxygen atoms in total. The standard InChI is InChI=1S/C29H28N4O4S/c1-18-21-8-9-31-24(21)6-5-23(18)33-28-20(16-30)17-32-29-22(28)15-27(38-29)19-4-7-25(36-12-10-34-2)26(14-19)37-13-11-35-3/h4-9,14-15,17,31H,10-13H2,1-3H3,(H,32,33). The largest absolute Gasteiger partial charge is 0.487 e. The maximum absolute atomic E-state index is 9.87. The number of aromatic amines is 1. The van der Waals surface area contributed by atoms with E-state index in [-0.39, 0.29) is 0 Å². The lowest BCUT2D eigenvalue weighted by atomic mass is 10.1. The maximum Gasteiger partial charge on any atom is 0.161 e. The number of benzene rings is 2. The number of nitrogens with one attached hydrogen (secondary N) is 2. The molecule has 0 amide bonds. The number of rotatable bonds is 11. The number of hydrogen-bond acceptors (Lipinski definition) is 8. The van der Waals surface area contributed by atoms with Gasteiger partial charge in [0.1, 0.15) is 24.1 Å². The fourth-order valence-electron chi connectivity index (χ4n) is 4.27. The highest BCUT2D eigenvalue weighted by atomic mass is 32.1. The Labute approximate surface area is 224 Å². The molecule has 2 aromatic carbocycles. The van der Waals surface area contributed by atoms with Gasteiger partial charge < -0.3 is 29.2 Å². The van der Waals surface area contributed by atoms with E-state index in [1.54, 1.807) is 31.8 Å². The number of aryl methyl sites for hydroxylation is 1. The van der Waals surface area contributed by atoms with Crippen molar-refractivity contribution in [3.8, 4) is 28.0 Å². The van der Waals surface area contributed by atoms with Crippen LogP contribution in [0, 0.1) is 18.3 Å². The van der Waals surface area contributed by atoms with Crippen LogP contribution >= 0.6 is 11.3 Å². The smallest absolute Gasteiger partial charge is 0.161 e. The molecule has 0 aliphatic heterocycles. The Morgan fingerprint density at radius 1 is 0.947 bits per heavy atom. The average molecular weight is 529 g/mol. The van der Waals surface area contributed by atoms with Gasteiger partial charge in [0, 0.05) is 53.5 Å². The summed E-state index contributed by atoms with van der Waals surface area (Å²) in [7, 11) is 3.28. The summed E-state index contributed by atoms with van der Waals surface area (Å²) in [6, 6.07) is 16.3. The van der Waals surface area contributed by atoms with E-state index in [1.807, 2.05) is 36.5 Å². The molecule has 3 heterocycles. The zero-order chi connectivity index (χ0) is 26.5. The van der Waals surface area contributed by atoms with Crippen molar-refractivity contribution in [2.45, 2.75) is 6.92 Å². The summed E-state index contributed by atoms with van der Waals surface area (Å²) in [6.45, 7) is 3.84. The Kier molecular flexibility index (Phi) is 7.75. The van der Waals surface area contributed by atoms with E-state index < -0.39 is 0 Å². The van der Waals surface area contributed by atoms with Gasteiger partial charge in [-0.1, -0.05) is 0 Å². The number of hydrogen-bond donors (Lipinski definition) is 2. The predicted molar refractivity (Wildman–Crippen MR) is 151 cm³/mol. The Bertz CT molecular complexity index is 1620. The van der Waals surface area contributed by atoms with E-state index in [0.717, 1.165) is 48.5 Å². The molecule has 5 rings (SSSR count). The molecule has 0 aliphatic rings. The second kappa shape index (κ2) is 11.5. The lowest BCUT2D eigenvalue weighted by Gasteiger charge is -2.14. The molecule has 0 fully saturated rings. The van der Waals surface area contributed by atoms with Gasteiger partial charge in [0.05, 0.1) is 24.5 Å². The number of fused-ring (bicyclic) bond motifs is 2. The molecule has 0 spiro atoms. The van der Waals surface area contributed by atoms with Crippen LogP contribution in [0.5, 0.6) is 11.5 Å². The van der Waals surface area contributed by atoms with Gasteiger partial charge in [-0.05, 0) is 60.5 Å². The number of nitriles is 1. The van der Waals surface area contributed by atoms with Crippen LogP contribution in [0.2, 0.25) is 0 Å². The number of anilines is 2. The third-order valence-corrected chi connectivity index (χ3v) is 7.36. The fraction of sp³-hybridized carbons (Fsp3) is 0.241. The molecule has 194 valence electrons. The fourth-order valence-corrected chi connectivity index (χ4v) is 5.27. The first-order valence-corrected chi connectivity index (χ1v) is 13.0. The van der Waals surface area contributed by atoms with Crippen molar-refractivity contribution in [1.82, 2.24) is 9.97 Å². The van der Waals surface area contributed by atoms with Gasteiger partial charge in [0.2, 0.25) is 0 Å². The van der Waals surface area contributed by atoms with E-state index in [0.29, 0.717) is 43.5 Å². The Balaban J connectivity index is 1.52. The SMILES string of the molecule is COCCOc1ccc(-c2cc3c(Nc4ccc5[nH]ccc5c4C)c(C#N)cnc3s2)cc1OCCOC. The first kappa shape index (κ1) is 25.5. The Hall–Kier alpha value is -4.10. The predicted octanol–water partition coefficient (Wildman–Crippen LogP) is 6.42. The monoisotopic (exact) mass is 528 g/mol. The molecule has 5 aromatic rings. The van der Waals surface area contributed by atoms with Crippen molar-refractivity contribution in [1.29, 1.82) is 5.26 Å². The molecule has 9 heteroatoms. The summed E-state index contributed by atoms with van der Waals surface area (Å²) in [6.07, 6.45) is 3.56. The molecular weight excluding hydrogens is 500 g/mol. The van der Waals surface area contributed by atoms with Gasteiger partial charge in [-0.3, -0.25) is 0 Å². The molecule has 0 bridgehead atoms. The highest BCUT2D eigenvalue weighted by Crippen LogP contribution is 2.41. The van der Waals surface area contributed by atoms with Crippen LogP contribution in [-0.2, 0) is 9.47 Å². The van der Waals surface area contributed by atoms with Crippen molar-refractivity contribution in [2.75, 3.05) is 46.0 Å². The first-order valence-electron chi connectivity index (χ1n) is 12.2. The summed E-state index contributed by atoms with van der Waals surface area (Å²) < 4.78 is 22.1. The third-order valence-electron chi connectivity index (χ3n) is 6.26. The Morgan fingerprint density at radius 2 is 1.74 bits per heavy atom. The zero-order valence-electron chi connectivity index (χ0n) is 21.5. The number of aromatic nitrogens is 2. The van der Waals surface area contributed by atoms with E-state index in [4.69, 9.17) is 18.9 Å². The number of nitrogens with zero attached hydrogens (tertiary/aromatic N) is 2. The van der Waals surface area contributed by atoms with Crippen molar-refractivity contribution in [2.24, 2.45) is 0 Å². The molecule has 0 atom stereocenters. The van der Waals surface area contributed by atoms with Crippen LogP contribution in [-0.4, -0.2) is 50.6 Å². The molecule has 3 aromatic heterocycles. The Morgan fingerprint density at radius 3 is 2.50 bits per heavy atom. The zero-order valence-corrected chi connectivity index (χ0v) is 22.3. The van der Waals surface area contributed by atoms with Crippen molar-refractivity contribution in [3.63, 3.8) is 0 Å². The molecule has 38 heavy (non-hydrogen) atoms. The lowest BCUT2D eigenvalue weighted by Crippen LogP contribution is -2.08. The summed E-state index contributed by atoms with van der Waals surface area (Å²) in [5, 5.41) is 15.4. The van der Waals surface area contributed by atoms with Gasteiger partial charge >= 0.3 is 0 Å². The quantitative estimate of drug-likeness (QED) is 0.191. The molecular formula is C29H28N4O4S. The molecule has 0 unspecified atom stereocenters. The highest BCUT2D eigenvalue weighted by molar-refractivity contribution is 7.22. The van der Waals surface area contributed by atoms with Gasteiger partial charge in [-0.15, -0.1) is 11.3 Å². The van der Waals surface area contributed by atoms with Crippen LogP contribution < -0.4 is 14.8 Å². The molecule has 0 radical (unpaired) electrons. The van der Waals surface area contributed by atoms with Crippen LogP contribution in [0.1, 0.15) is 11.1 Å². The van der Waals surface area contributed by atoms with E-state index >= 15 is 0 Å². The maximum atomic E-state index is 9.87. The van der Waals surface area contributed by atoms with Gasteiger partial charge in [0.25, 0.3) is 0 Å². The number of methoxy groups -OCH3 is 2. The van der Waals surface area contributed by atoms with Crippen molar-refractivity contribution >= 4 is 43.8 Å². The van der Waals surface area contributed by atoms with Gasteiger partial charge in [-0.2, -0.15) is 5.26 Å². The number of thiophene rings is 1. The van der Waals surface area contributed by atoms with Crippen LogP contribution in [0.15, 0.2) is 54.9 Å². The van der Waals surface area contributed by atoms with Crippen LogP contribution in [0.25, 0.3) is 31.6 Å². The molecule has 2 N–H and O–H groups in total. The first-order chi connectivity index (χ1) is 18.6. The van der Waals surface area contributed by atoms with Gasteiger partial charge in [-0.25, -0.2) is 4.98 Å². The van der Waals surface area contributed by atoms with Crippen LogP contribution in [0.3, 0.4) is 0 Å².